The first kappa shape index (κ1) is 22.8. The standard InChI is InChI=1S/C22H23N5O5/c1-3-32-22(31)15-4-6-16(7-5-15)26-19(29)13-27-20(18-12-23-9-10-24-18)25-14(2)17(8-11-28)21(27)30/h4-7,9-10,12,28H,3,8,11,13H2,1-2H3,(H,26,29). The Morgan fingerprint density at radius 1 is 1.19 bits per heavy atom. The summed E-state index contributed by atoms with van der Waals surface area (Å²) in [6.07, 6.45) is 4.53. The molecule has 166 valence electrons. The molecule has 0 saturated heterocycles. The zero-order valence-electron chi connectivity index (χ0n) is 17.7. The van der Waals surface area contributed by atoms with Crippen LogP contribution in [0.4, 0.5) is 5.69 Å². The molecule has 0 unspecified atom stereocenters. The number of anilines is 1. The lowest BCUT2D eigenvalue weighted by Crippen LogP contribution is -2.33. The molecule has 0 fully saturated rings. The molecule has 1 amide bonds. The maximum atomic E-state index is 13.1. The minimum atomic E-state index is -0.471. The zero-order valence-corrected chi connectivity index (χ0v) is 17.7. The fourth-order valence-electron chi connectivity index (χ4n) is 3.11. The van der Waals surface area contributed by atoms with Crippen molar-refractivity contribution in [2.75, 3.05) is 18.5 Å². The van der Waals surface area contributed by atoms with Crippen molar-refractivity contribution in [2.45, 2.75) is 26.8 Å². The van der Waals surface area contributed by atoms with E-state index in [4.69, 9.17) is 4.74 Å². The van der Waals surface area contributed by atoms with E-state index in [1.54, 1.807) is 26.0 Å². The molecule has 0 saturated carbocycles. The topological polar surface area (TPSA) is 136 Å². The summed E-state index contributed by atoms with van der Waals surface area (Å²) in [5.41, 5.74) is 1.51. The van der Waals surface area contributed by atoms with Gasteiger partial charge in [-0.25, -0.2) is 14.8 Å². The second-order valence-corrected chi connectivity index (χ2v) is 6.80. The molecule has 10 nitrogen and oxygen atoms in total. The molecule has 2 heterocycles. The van der Waals surface area contributed by atoms with E-state index >= 15 is 0 Å². The highest BCUT2D eigenvalue weighted by Crippen LogP contribution is 2.15. The highest BCUT2D eigenvalue weighted by atomic mass is 16.5. The smallest absolute Gasteiger partial charge is 0.338 e. The van der Waals surface area contributed by atoms with E-state index in [9.17, 15) is 19.5 Å². The molecule has 10 heteroatoms. The number of aromatic nitrogens is 4. The number of hydrogen-bond donors (Lipinski definition) is 2. The Morgan fingerprint density at radius 2 is 1.94 bits per heavy atom. The van der Waals surface area contributed by atoms with Crippen LogP contribution in [0.5, 0.6) is 0 Å². The lowest BCUT2D eigenvalue weighted by molar-refractivity contribution is -0.116. The van der Waals surface area contributed by atoms with Crippen LogP contribution in [0.2, 0.25) is 0 Å². The molecular formula is C22H23N5O5. The number of carbonyl (C=O) groups is 2. The average Bonchev–Trinajstić information content (AvgIpc) is 2.79. The Kier molecular flexibility index (Phi) is 7.40. The number of amides is 1. The summed E-state index contributed by atoms with van der Waals surface area (Å²) >= 11 is 0. The average molecular weight is 437 g/mol. The van der Waals surface area contributed by atoms with Gasteiger partial charge < -0.3 is 15.2 Å². The Labute approximate surface area is 183 Å². The van der Waals surface area contributed by atoms with Gasteiger partial charge in [0.1, 0.15) is 12.2 Å². The van der Waals surface area contributed by atoms with E-state index in [1.807, 2.05) is 0 Å². The molecule has 0 radical (unpaired) electrons. The number of aryl methyl sites for hydroxylation is 1. The molecule has 0 spiro atoms. The van der Waals surface area contributed by atoms with Gasteiger partial charge in [0.15, 0.2) is 5.82 Å². The zero-order chi connectivity index (χ0) is 23.1. The summed E-state index contributed by atoms with van der Waals surface area (Å²) < 4.78 is 6.15. The van der Waals surface area contributed by atoms with Crippen molar-refractivity contribution in [3.05, 3.63) is 70.0 Å². The van der Waals surface area contributed by atoms with Crippen LogP contribution in [0.15, 0.2) is 47.7 Å². The van der Waals surface area contributed by atoms with Gasteiger partial charge in [-0.2, -0.15) is 0 Å². The minimum Gasteiger partial charge on any atom is -0.462 e. The summed E-state index contributed by atoms with van der Waals surface area (Å²) in [4.78, 5) is 50.2. The van der Waals surface area contributed by atoms with Gasteiger partial charge in [-0.1, -0.05) is 0 Å². The summed E-state index contributed by atoms with van der Waals surface area (Å²) in [5.74, 6) is -0.718. The molecule has 32 heavy (non-hydrogen) atoms. The predicted molar refractivity (Wildman–Crippen MR) is 116 cm³/mol. The Bertz CT molecular complexity index is 1160. The molecule has 0 aliphatic carbocycles. The van der Waals surface area contributed by atoms with Crippen molar-refractivity contribution in [1.29, 1.82) is 0 Å². The second kappa shape index (κ2) is 10.4. The number of esters is 1. The first-order valence-corrected chi connectivity index (χ1v) is 9.99. The van der Waals surface area contributed by atoms with Crippen molar-refractivity contribution in [2.24, 2.45) is 0 Å². The van der Waals surface area contributed by atoms with Crippen molar-refractivity contribution in [1.82, 2.24) is 19.5 Å². The second-order valence-electron chi connectivity index (χ2n) is 6.80. The van der Waals surface area contributed by atoms with Crippen molar-refractivity contribution < 1.29 is 19.4 Å². The molecule has 0 aliphatic rings. The fraction of sp³-hybridized carbons (Fsp3) is 0.273. The molecule has 0 atom stereocenters. The molecular weight excluding hydrogens is 414 g/mol. The summed E-state index contributed by atoms with van der Waals surface area (Å²) in [6.45, 7) is 3.11. The number of aliphatic hydroxyl groups is 1. The third-order valence-corrected chi connectivity index (χ3v) is 4.60. The van der Waals surface area contributed by atoms with Gasteiger partial charge in [0.25, 0.3) is 5.56 Å². The SMILES string of the molecule is CCOC(=O)c1ccc(NC(=O)Cn2c(-c3cnccn3)nc(C)c(CCO)c2=O)cc1. The number of nitrogens with zero attached hydrogens (tertiary/aromatic N) is 4. The van der Waals surface area contributed by atoms with E-state index < -0.39 is 17.4 Å². The van der Waals surface area contributed by atoms with E-state index in [-0.39, 0.29) is 32.0 Å². The third kappa shape index (κ3) is 5.22. The van der Waals surface area contributed by atoms with E-state index in [0.717, 1.165) is 0 Å². The number of carbonyl (C=O) groups excluding carboxylic acids is 2. The third-order valence-electron chi connectivity index (χ3n) is 4.60. The maximum Gasteiger partial charge on any atom is 0.338 e. The monoisotopic (exact) mass is 437 g/mol. The van der Waals surface area contributed by atoms with Crippen LogP contribution in [0.3, 0.4) is 0 Å². The summed E-state index contributed by atoms with van der Waals surface area (Å²) in [5, 5.41) is 12.0. The number of aliphatic hydroxyl groups excluding tert-OH is 1. The number of ether oxygens (including phenoxy) is 1. The molecule has 0 aliphatic heterocycles. The van der Waals surface area contributed by atoms with Crippen molar-refractivity contribution >= 4 is 17.6 Å². The molecule has 3 aromatic rings. The highest BCUT2D eigenvalue weighted by Gasteiger charge is 2.18. The molecule has 2 aromatic heterocycles. The van der Waals surface area contributed by atoms with E-state index in [2.05, 4.69) is 20.3 Å². The fourth-order valence-corrected chi connectivity index (χ4v) is 3.11. The number of benzene rings is 1. The van der Waals surface area contributed by atoms with Crippen LogP contribution in [-0.2, 0) is 22.5 Å². The molecule has 2 N–H and O–H groups in total. The van der Waals surface area contributed by atoms with Crippen LogP contribution in [0.1, 0.15) is 28.5 Å². The summed E-state index contributed by atoms with van der Waals surface area (Å²) in [7, 11) is 0. The van der Waals surface area contributed by atoms with E-state index in [1.165, 1.54) is 35.3 Å². The van der Waals surface area contributed by atoms with Gasteiger partial charge >= 0.3 is 5.97 Å². The van der Waals surface area contributed by atoms with E-state index in [0.29, 0.717) is 28.2 Å². The minimum absolute atomic E-state index is 0.120. The maximum absolute atomic E-state index is 13.1. The Morgan fingerprint density at radius 3 is 2.56 bits per heavy atom. The normalized spacial score (nSPS) is 10.6. The first-order chi connectivity index (χ1) is 15.4. The lowest BCUT2D eigenvalue weighted by atomic mass is 10.1. The van der Waals surface area contributed by atoms with Crippen LogP contribution in [0.25, 0.3) is 11.5 Å². The summed E-state index contributed by atoms with van der Waals surface area (Å²) in [6, 6.07) is 6.22. The first-order valence-electron chi connectivity index (χ1n) is 9.99. The number of rotatable bonds is 8. The largest absolute Gasteiger partial charge is 0.462 e. The van der Waals surface area contributed by atoms with Gasteiger partial charge in [0.2, 0.25) is 5.91 Å². The van der Waals surface area contributed by atoms with Crippen LogP contribution < -0.4 is 10.9 Å². The van der Waals surface area contributed by atoms with Crippen LogP contribution in [0, 0.1) is 6.92 Å². The molecule has 3 rings (SSSR count). The molecule has 1 aromatic carbocycles. The van der Waals surface area contributed by atoms with Crippen LogP contribution >= 0.6 is 0 Å². The lowest BCUT2D eigenvalue weighted by Gasteiger charge is -2.15. The van der Waals surface area contributed by atoms with Crippen molar-refractivity contribution in [3.8, 4) is 11.5 Å². The Balaban J connectivity index is 1.88. The predicted octanol–water partition coefficient (Wildman–Crippen LogP) is 1.36. The highest BCUT2D eigenvalue weighted by molar-refractivity contribution is 5.93. The molecule has 0 bridgehead atoms. The van der Waals surface area contributed by atoms with Crippen LogP contribution in [-0.4, -0.2) is 49.7 Å². The number of hydrogen-bond acceptors (Lipinski definition) is 8. The van der Waals surface area contributed by atoms with Gasteiger partial charge in [-0.05, 0) is 38.1 Å². The quantitative estimate of drug-likeness (QED) is 0.504. The van der Waals surface area contributed by atoms with Crippen molar-refractivity contribution in [3.63, 3.8) is 0 Å². The Hall–Kier alpha value is -3.92. The van der Waals surface area contributed by atoms with Gasteiger partial charge in [-0.3, -0.25) is 19.1 Å². The van der Waals surface area contributed by atoms with Gasteiger partial charge in [0.05, 0.1) is 18.4 Å². The number of nitrogens with one attached hydrogen (secondary N) is 1. The van der Waals surface area contributed by atoms with Gasteiger partial charge in [0, 0.05) is 42.4 Å². The van der Waals surface area contributed by atoms with Gasteiger partial charge in [-0.15, -0.1) is 0 Å².